The minimum Gasteiger partial charge on any atom is -0.388 e. The summed E-state index contributed by atoms with van der Waals surface area (Å²) in [5, 5.41) is 10.2. The maximum Gasteiger partial charge on any atom is 0.0833 e. The van der Waals surface area contributed by atoms with Crippen molar-refractivity contribution in [2.75, 3.05) is 0 Å². The number of aliphatic hydroxyl groups is 1. The smallest absolute Gasteiger partial charge is 0.0833 e. The molecule has 1 N–H and O–H groups in total. The maximum absolute atomic E-state index is 10.2. The lowest BCUT2D eigenvalue weighted by atomic mass is 9.99. The number of pyridine rings is 1. The van der Waals surface area contributed by atoms with Crippen molar-refractivity contribution in [2.24, 2.45) is 0 Å². The molecule has 0 saturated carbocycles. The Bertz CT molecular complexity index is 513. The van der Waals surface area contributed by atoms with Crippen LogP contribution in [0.2, 0.25) is 0 Å². The molecule has 0 radical (unpaired) electrons. The van der Waals surface area contributed by atoms with Gasteiger partial charge in [0.25, 0.3) is 0 Å². The number of aromatic nitrogens is 1. The first-order chi connectivity index (χ1) is 8.16. The van der Waals surface area contributed by atoms with E-state index in [1.54, 1.807) is 12.4 Å². The van der Waals surface area contributed by atoms with Gasteiger partial charge < -0.3 is 5.11 Å². The topological polar surface area (TPSA) is 33.1 Å². The number of aliphatic hydroxyl groups excluding tert-OH is 1. The Balaban J connectivity index is 2.17. The van der Waals surface area contributed by atoms with Crippen LogP contribution in [0.1, 0.15) is 22.8 Å². The summed E-state index contributed by atoms with van der Waals surface area (Å²) in [5.74, 6) is 0. The molecule has 1 aromatic carbocycles. The normalized spacial score (nSPS) is 12.4. The van der Waals surface area contributed by atoms with Gasteiger partial charge in [-0.05, 0) is 45.6 Å². The highest BCUT2D eigenvalue weighted by Gasteiger charge is 2.10. The molecule has 0 spiro atoms. The monoisotopic (exact) mass is 291 g/mol. The molecule has 0 saturated heterocycles. The van der Waals surface area contributed by atoms with Crippen molar-refractivity contribution < 1.29 is 5.11 Å². The summed E-state index contributed by atoms with van der Waals surface area (Å²) in [6, 6.07) is 9.88. The number of hydrogen-bond donors (Lipinski definition) is 1. The van der Waals surface area contributed by atoms with Crippen molar-refractivity contribution in [3.05, 3.63) is 63.9 Å². The molecule has 2 rings (SSSR count). The largest absolute Gasteiger partial charge is 0.388 e. The molecule has 0 aliphatic carbocycles. The Hall–Kier alpha value is -1.19. The van der Waals surface area contributed by atoms with Crippen molar-refractivity contribution in [1.82, 2.24) is 4.98 Å². The van der Waals surface area contributed by atoms with E-state index in [0.717, 1.165) is 21.2 Å². The fourth-order valence-corrected chi connectivity index (χ4v) is 2.27. The van der Waals surface area contributed by atoms with Crippen molar-refractivity contribution in [3.8, 4) is 0 Å². The molecule has 17 heavy (non-hydrogen) atoms. The second-order valence-corrected chi connectivity index (χ2v) is 5.00. The van der Waals surface area contributed by atoms with E-state index in [2.05, 4.69) is 20.9 Å². The summed E-state index contributed by atoms with van der Waals surface area (Å²) in [4.78, 5) is 4.10. The molecule has 0 amide bonds. The molecule has 0 fully saturated rings. The van der Waals surface area contributed by atoms with Crippen molar-refractivity contribution in [3.63, 3.8) is 0 Å². The number of benzene rings is 1. The molecule has 1 aromatic heterocycles. The lowest BCUT2D eigenvalue weighted by molar-refractivity contribution is 0.177. The summed E-state index contributed by atoms with van der Waals surface area (Å²) in [6.45, 7) is 2.01. The van der Waals surface area contributed by atoms with Gasteiger partial charge in [0.2, 0.25) is 0 Å². The summed E-state index contributed by atoms with van der Waals surface area (Å²) in [5.41, 5.74) is 3.12. The molecule has 1 atom stereocenters. The Labute approximate surface area is 109 Å². The van der Waals surface area contributed by atoms with E-state index in [1.807, 2.05) is 37.3 Å². The molecule has 0 aliphatic rings. The molecule has 2 aromatic rings. The van der Waals surface area contributed by atoms with Crippen LogP contribution < -0.4 is 0 Å². The highest BCUT2D eigenvalue weighted by atomic mass is 79.9. The predicted molar refractivity (Wildman–Crippen MR) is 71.8 cm³/mol. The van der Waals surface area contributed by atoms with E-state index in [4.69, 9.17) is 0 Å². The van der Waals surface area contributed by atoms with E-state index in [-0.39, 0.29) is 0 Å². The molecule has 2 nitrogen and oxygen atoms in total. The molecule has 0 aliphatic heterocycles. The Morgan fingerprint density at radius 2 is 2.06 bits per heavy atom. The van der Waals surface area contributed by atoms with Gasteiger partial charge in [0.1, 0.15) is 0 Å². The average molecular weight is 292 g/mol. The second-order valence-electron chi connectivity index (χ2n) is 4.09. The van der Waals surface area contributed by atoms with Crippen molar-refractivity contribution in [1.29, 1.82) is 0 Å². The summed E-state index contributed by atoms with van der Waals surface area (Å²) >= 11 is 3.38. The van der Waals surface area contributed by atoms with Crippen LogP contribution >= 0.6 is 15.9 Å². The highest BCUT2D eigenvalue weighted by Crippen LogP contribution is 2.22. The van der Waals surface area contributed by atoms with E-state index in [1.165, 1.54) is 0 Å². The van der Waals surface area contributed by atoms with E-state index >= 15 is 0 Å². The van der Waals surface area contributed by atoms with E-state index < -0.39 is 6.10 Å². The Morgan fingerprint density at radius 3 is 2.76 bits per heavy atom. The average Bonchev–Trinajstić information content (AvgIpc) is 2.29. The molecular weight excluding hydrogens is 278 g/mol. The van der Waals surface area contributed by atoms with E-state index in [0.29, 0.717) is 6.42 Å². The second kappa shape index (κ2) is 5.43. The number of nitrogens with zero attached hydrogens (tertiary/aromatic N) is 1. The van der Waals surface area contributed by atoms with Crippen LogP contribution in [0.5, 0.6) is 0 Å². The number of hydrogen-bond acceptors (Lipinski definition) is 2. The zero-order chi connectivity index (χ0) is 12.3. The van der Waals surface area contributed by atoms with Gasteiger partial charge in [-0.15, -0.1) is 0 Å². The fraction of sp³-hybridized carbons (Fsp3) is 0.214. The molecule has 1 unspecified atom stereocenters. The third kappa shape index (κ3) is 3.14. The van der Waals surface area contributed by atoms with Crippen LogP contribution in [0.25, 0.3) is 0 Å². The van der Waals surface area contributed by atoms with Crippen molar-refractivity contribution >= 4 is 15.9 Å². The quantitative estimate of drug-likeness (QED) is 0.940. The lowest BCUT2D eigenvalue weighted by Crippen LogP contribution is -2.04. The van der Waals surface area contributed by atoms with Gasteiger partial charge in [0.15, 0.2) is 0 Å². The van der Waals surface area contributed by atoms with Gasteiger partial charge in [0.05, 0.1) is 6.10 Å². The fourth-order valence-electron chi connectivity index (χ4n) is 1.86. The van der Waals surface area contributed by atoms with Crippen LogP contribution in [-0.2, 0) is 6.42 Å². The minimum atomic E-state index is -0.479. The maximum atomic E-state index is 10.2. The first-order valence-electron chi connectivity index (χ1n) is 5.50. The molecule has 0 bridgehead atoms. The zero-order valence-electron chi connectivity index (χ0n) is 9.60. The van der Waals surface area contributed by atoms with Gasteiger partial charge in [-0.2, -0.15) is 0 Å². The third-order valence-corrected chi connectivity index (χ3v) is 3.17. The van der Waals surface area contributed by atoms with Crippen molar-refractivity contribution in [2.45, 2.75) is 19.4 Å². The third-order valence-electron chi connectivity index (χ3n) is 2.74. The summed E-state index contributed by atoms with van der Waals surface area (Å²) < 4.78 is 0.937. The minimum absolute atomic E-state index is 0.479. The van der Waals surface area contributed by atoms with Crippen LogP contribution in [0.4, 0.5) is 0 Å². The lowest BCUT2D eigenvalue weighted by Gasteiger charge is -2.13. The number of rotatable bonds is 3. The van der Waals surface area contributed by atoms with Crippen LogP contribution in [0, 0.1) is 6.92 Å². The van der Waals surface area contributed by atoms with Gasteiger partial charge in [0, 0.05) is 23.3 Å². The van der Waals surface area contributed by atoms with Crippen LogP contribution in [0.3, 0.4) is 0 Å². The van der Waals surface area contributed by atoms with Crippen LogP contribution in [0.15, 0.2) is 47.2 Å². The Kier molecular flexibility index (Phi) is 3.92. The predicted octanol–water partition coefficient (Wildman–Crippen LogP) is 3.43. The summed E-state index contributed by atoms with van der Waals surface area (Å²) in [7, 11) is 0. The van der Waals surface area contributed by atoms with Gasteiger partial charge in [-0.25, -0.2) is 0 Å². The first-order valence-corrected chi connectivity index (χ1v) is 6.29. The number of aryl methyl sites for hydroxylation is 1. The molecular formula is C14H14BrNO. The molecule has 88 valence electrons. The van der Waals surface area contributed by atoms with Gasteiger partial charge in [-0.3, -0.25) is 4.98 Å². The molecule has 1 heterocycles. The Morgan fingerprint density at radius 1 is 1.29 bits per heavy atom. The highest BCUT2D eigenvalue weighted by molar-refractivity contribution is 9.10. The molecule has 3 heteroatoms. The summed E-state index contributed by atoms with van der Waals surface area (Å²) in [6.07, 6.45) is 3.63. The first kappa shape index (κ1) is 12.3. The number of halogens is 1. The van der Waals surface area contributed by atoms with E-state index in [9.17, 15) is 5.11 Å². The standard InChI is InChI=1S/C14H14BrNO/c1-10-4-2-3-5-13(10)14(17)7-11-6-12(15)9-16-8-11/h2-6,8-9,14,17H,7H2,1H3. The van der Waals surface area contributed by atoms with Crippen LogP contribution in [-0.4, -0.2) is 10.1 Å². The van der Waals surface area contributed by atoms with Gasteiger partial charge in [-0.1, -0.05) is 24.3 Å². The zero-order valence-corrected chi connectivity index (χ0v) is 11.2. The SMILES string of the molecule is Cc1ccccc1C(O)Cc1cncc(Br)c1. The van der Waals surface area contributed by atoms with Gasteiger partial charge >= 0.3 is 0 Å².